The van der Waals surface area contributed by atoms with E-state index in [9.17, 15) is 4.79 Å². The SMILES string of the molecule is NC(=O)/C=C1/C[C@H]2CC[C@@H]1C2. The number of carbonyl (C=O) groups excluding carboxylic acids is 1. The van der Waals surface area contributed by atoms with E-state index in [1.807, 2.05) is 0 Å². The van der Waals surface area contributed by atoms with Gasteiger partial charge in [0.15, 0.2) is 0 Å². The number of allylic oxidation sites excluding steroid dienone is 1. The Hall–Kier alpha value is -0.790. The first kappa shape index (κ1) is 6.89. The molecule has 2 nitrogen and oxygen atoms in total. The van der Waals surface area contributed by atoms with Crippen LogP contribution in [0.5, 0.6) is 0 Å². The number of fused-ring (bicyclic) bond motifs is 2. The third kappa shape index (κ3) is 1.17. The molecule has 0 heterocycles. The van der Waals surface area contributed by atoms with Gasteiger partial charge in [-0.3, -0.25) is 4.79 Å². The topological polar surface area (TPSA) is 43.1 Å². The highest BCUT2D eigenvalue weighted by Gasteiger charge is 2.35. The smallest absolute Gasteiger partial charge is 0.241 e. The van der Waals surface area contributed by atoms with Crippen LogP contribution in [0.1, 0.15) is 25.7 Å². The standard InChI is InChI=1S/C9H13NO/c10-9(11)5-8-4-6-1-2-7(8)3-6/h5-7H,1-4H2,(H2,10,11)/b8-5-/t6-,7+/m0/s1. The lowest BCUT2D eigenvalue weighted by atomic mass is 9.94. The Morgan fingerprint density at radius 2 is 2.36 bits per heavy atom. The van der Waals surface area contributed by atoms with Crippen LogP contribution in [-0.2, 0) is 4.79 Å². The van der Waals surface area contributed by atoms with Gasteiger partial charge in [0.1, 0.15) is 0 Å². The molecule has 2 heteroatoms. The van der Waals surface area contributed by atoms with Crippen LogP contribution in [0.25, 0.3) is 0 Å². The first-order valence-electron chi connectivity index (χ1n) is 4.25. The number of hydrogen-bond donors (Lipinski definition) is 1. The van der Waals surface area contributed by atoms with Crippen molar-refractivity contribution in [3.8, 4) is 0 Å². The van der Waals surface area contributed by atoms with Crippen molar-refractivity contribution in [3.05, 3.63) is 11.6 Å². The van der Waals surface area contributed by atoms with Gasteiger partial charge in [0.25, 0.3) is 0 Å². The van der Waals surface area contributed by atoms with Gasteiger partial charge in [-0.05, 0) is 37.5 Å². The molecule has 60 valence electrons. The molecule has 2 aliphatic rings. The van der Waals surface area contributed by atoms with Crippen LogP contribution in [0.15, 0.2) is 11.6 Å². The van der Waals surface area contributed by atoms with Crippen LogP contribution in [0.3, 0.4) is 0 Å². The Labute approximate surface area is 66.5 Å². The highest BCUT2D eigenvalue weighted by Crippen LogP contribution is 2.47. The van der Waals surface area contributed by atoms with E-state index in [1.165, 1.54) is 24.8 Å². The monoisotopic (exact) mass is 151 g/mol. The van der Waals surface area contributed by atoms with Crippen molar-refractivity contribution < 1.29 is 4.79 Å². The summed E-state index contributed by atoms with van der Waals surface area (Å²) in [4.78, 5) is 10.6. The second kappa shape index (κ2) is 2.36. The molecule has 0 aromatic heterocycles. The van der Waals surface area contributed by atoms with Crippen LogP contribution in [0.4, 0.5) is 0 Å². The summed E-state index contributed by atoms with van der Waals surface area (Å²) in [6, 6.07) is 0. The quantitative estimate of drug-likeness (QED) is 0.562. The summed E-state index contributed by atoms with van der Waals surface area (Å²) in [5.41, 5.74) is 6.40. The van der Waals surface area contributed by atoms with Crippen molar-refractivity contribution in [1.82, 2.24) is 0 Å². The molecule has 0 aromatic carbocycles. The molecule has 2 bridgehead atoms. The number of carbonyl (C=O) groups is 1. The van der Waals surface area contributed by atoms with Crippen molar-refractivity contribution in [1.29, 1.82) is 0 Å². The van der Waals surface area contributed by atoms with Crippen LogP contribution in [0.2, 0.25) is 0 Å². The average molecular weight is 151 g/mol. The van der Waals surface area contributed by atoms with E-state index in [-0.39, 0.29) is 5.91 Å². The second-order valence-electron chi connectivity index (χ2n) is 3.70. The maximum atomic E-state index is 10.6. The number of primary amides is 1. The Balaban J connectivity index is 2.13. The van der Waals surface area contributed by atoms with E-state index in [4.69, 9.17) is 5.73 Å². The van der Waals surface area contributed by atoms with Gasteiger partial charge < -0.3 is 5.73 Å². The van der Waals surface area contributed by atoms with Crippen molar-refractivity contribution in [3.63, 3.8) is 0 Å². The summed E-state index contributed by atoms with van der Waals surface area (Å²) in [7, 11) is 0. The average Bonchev–Trinajstić information content (AvgIpc) is 2.45. The molecule has 2 aliphatic carbocycles. The third-order valence-corrected chi connectivity index (χ3v) is 2.92. The zero-order valence-electron chi connectivity index (χ0n) is 6.55. The Kier molecular flexibility index (Phi) is 1.48. The van der Waals surface area contributed by atoms with Crippen LogP contribution in [0, 0.1) is 11.8 Å². The molecule has 2 atom stereocenters. The molecule has 2 saturated carbocycles. The summed E-state index contributed by atoms with van der Waals surface area (Å²) in [5.74, 6) is 1.30. The highest BCUT2D eigenvalue weighted by atomic mass is 16.1. The minimum Gasteiger partial charge on any atom is -0.366 e. The van der Waals surface area contributed by atoms with Gasteiger partial charge in [0.2, 0.25) is 5.91 Å². The molecule has 2 N–H and O–H groups in total. The maximum absolute atomic E-state index is 10.6. The summed E-state index contributed by atoms with van der Waals surface area (Å²) in [5, 5.41) is 0. The van der Waals surface area contributed by atoms with Crippen molar-refractivity contribution in [2.75, 3.05) is 0 Å². The number of nitrogens with two attached hydrogens (primary N) is 1. The highest BCUT2D eigenvalue weighted by molar-refractivity contribution is 5.86. The van der Waals surface area contributed by atoms with E-state index in [1.54, 1.807) is 6.08 Å². The second-order valence-corrected chi connectivity index (χ2v) is 3.70. The molecule has 11 heavy (non-hydrogen) atoms. The lowest BCUT2D eigenvalue weighted by Gasteiger charge is -2.11. The fourth-order valence-corrected chi connectivity index (χ4v) is 2.46. The van der Waals surface area contributed by atoms with Crippen LogP contribution in [-0.4, -0.2) is 5.91 Å². The molecule has 0 aliphatic heterocycles. The van der Waals surface area contributed by atoms with Crippen molar-refractivity contribution in [2.45, 2.75) is 25.7 Å². The van der Waals surface area contributed by atoms with E-state index in [0.717, 1.165) is 12.3 Å². The summed E-state index contributed by atoms with van der Waals surface area (Å²) >= 11 is 0. The predicted molar refractivity (Wildman–Crippen MR) is 42.7 cm³/mol. The first-order valence-corrected chi connectivity index (χ1v) is 4.25. The van der Waals surface area contributed by atoms with Gasteiger partial charge in [0, 0.05) is 6.08 Å². The maximum Gasteiger partial charge on any atom is 0.241 e. The summed E-state index contributed by atoms with van der Waals surface area (Å²) in [6.07, 6.45) is 6.72. The predicted octanol–water partition coefficient (Wildman–Crippen LogP) is 1.22. The zero-order valence-corrected chi connectivity index (χ0v) is 6.55. The minimum atomic E-state index is -0.271. The van der Waals surface area contributed by atoms with E-state index >= 15 is 0 Å². The molecular weight excluding hydrogens is 138 g/mol. The van der Waals surface area contributed by atoms with Crippen molar-refractivity contribution >= 4 is 5.91 Å². The molecule has 2 rings (SSSR count). The summed E-state index contributed by atoms with van der Waals surface area (Å²) in [6.45, 7) is 0. The van der Waals surface area contributed by atoms with Crippen LogP contribution >= 0.6 is 0 Å². The molecule has 0 spiro atoms. The molecule has 2 fully saturated rings. The molecule has 0 aromatic rings. The molecule has 0 radical (unpaired) electrons. The van der Waals surface area contributed by atoms with Gasteiger partial charge in [-0.1, -0.05) is 5.57 Å². The van der Waals surface area contributed by atoms with E-state index in [0.29, 0.717) is 5.92 Å². The fraction of sp³-hybridized carbons (Fsp3) is 0.667. The lowest BCUT2D eigenvalue weighted by Crippen LogP contribution is -2.09. The normalized spacial score (nSPS) is 38.4. The Morgan fingerprint density at radius 1 is 1.55 bits per heavy atom. The number of hydrogen-bond acceptors (Lipinski definition) is 1. The fourth-order valence-electron chi connectivity index (χ4n) is 2.46. The Morgan fingerprint density at radius 3 is 2.82 bits per heavy atom. The molecular formula is C9H13NO. The minimum absolute atomic E-state index is 0.271. The lowest BCUT2D eigenvalue weighted by molar-refractivity contribution is -0.113. The third-order valence-electron chi connectivity index (χ3n) is 2.92. The van der Waals surface area contributed by atoms with Gasteiger partial charge in [0.05, 0.1) is 0 Å². The van der Waals surface area contributed by atoms with Crippen LogP contribution < -0.4 is 5.73 Å². The number of rotatable bonds is 1. The van der Waals surface area contributed by atoms with E-state index in [2.05, 4.69) is 0 Å². The number of amides is 1. The van der Waals surface area contributed by atoms with Gasteiger partial charge in [-0.15, -0.1) is 0 Å². The molecule has 0 unspecified atom stereocenters. The largest absolute Gasteiger partial charge is 0.366 e. The van der Waals surface area contributed by atoms with E-state index < -0.39 is 0 Å². The molecule has 1 amide bonds. The molecule has 0 saturated heterocycles. The Bertz CT molecular complexity index is 220. The van der Waals surface area contributed by atoms with Crippen molar-refractivity contribution in [2.24, 2.45) is 17.6 Å². The zero-order chi connectivity index (χ0) is 7.84. The first-order chi connectivity index (χ1) is 5.25. The van der Waals surface area contributed by atoms with Gasteiger partial charge in [-0.2, -0.15) is 0 Å². The van der Waals surface area contributed by atoms with Gasteiger partial charge in [-0.25, -0.2) is 0 Å². The summed E-state index contributed by atoms with van der Waals surface area (Å²) < 4.78 is 0. The van der Waals surface area contributed by atoms with Gasteiger partial charge >= 0.3 is 0 Å².